The van der Waals surface area contributed by atoms with E-state index in [9.17, 15) is 5.11 Å². The molecule has 0 aromatic heterocycles. The van der Waals surface area contributed by atoms with Gasteiger partial charge in [-0.1, -0.05) is 26.8 Å². The van der Waals surface area contributed by atoms with Crippen molar-refractivity contribution in [2.24, 2.45) is 0 Å². The lowest BCUT2D eigenvalue weighted by molar-refractivity contribution is 0.381. The number of ether oxygens (including phenoxy) is 1. The number of phenolic OH excluding ortho intramolecular Hbond substituents is 1. The molecular weight excluding hydrogens is 164 g/mol. The largest absolute Gasteiger partial charge is 0.508 e. The number of aromatic hydroxyl groups is 1. The van der Waals surface area contributed by atoms with Crippen LogP contribution in [-0.2, 0) is 5.41 Å². The Kier molecular flexibility index (Phi) is 2.50. The van der Waals surface area contributed by atoms with E-state index in [-0.39, 0.29) is 5.41 Å². The van der Waals surface area contributed by atoms with Crippen LogP contribution in [0, 0.1) is 0 Å². The van der Waals surface area contributed by atoms with E-state index < -0.39 is 0 Å². The average molecular weight is 180 g/mol. The van der Waals surface area contributed by atoms with Crippen LogP contribution in [0.5, 0.6) is 11.5 Å². The van der Waals surface area contributed by atoms with Gasteiger partial charge in [0.15, 0.2) is 0 Å². The first-order chi connectivity index (χ1) is 5.96. The maximum absolute atomic E-state index is 9.68. The summed E-state index contributed by atoms with van der Waals surface area (Å²) in [6.45, 7) is 6.14. The normalized spacial score (nSPS) is 11.4. The number of methoxy groups -OCH3 is 1. The summed E-state index contributed by atoms with van der Waals surface area (Å²) in [6, 6.07) is 5.33. The Morgan fingerprint density at radius 3 is 2.23 bits per heavy atom. The molecule has 0 saturated carbocycles. The predicted octanol–water partition coefficient (Wildman–Crippen LogP) is 2.70. The molecule has 1 N–H and O–H groups in total. The van der Waals surface area contributed by atoms with E-state index in [0.29, 0.717) is 5.75 Å². The lowest BCUT2D eigenvalue weighted by atomic mass is 9.85. The maximum Gasteiger partial charge on any atom is 0.126 e. The van der Waals surface area contributed by atoms with Gasteiger partial charge in [0, 0.05) is 5.56 Å². The van der Waals surface area contributed by atoms with Crippen LogP contribution in [-0.4, -0.2) is 12.2 Å². The van der Waals surface area contributed by atoms with Gasteiger partial charge in [-0.05, 0) is 17.5 Å². The molecule has 2 nitrogen and oxygen atoms in total. The van der Waals surface area contributed by atoms with Gasteiger partial charge in [0.2, 0.25) is 0 Å². The summed E-state index contributed by atoms with van der Waals surface area (Å²) >= 11 is 0. The fourth-order valence-corrected chi connectivity index (χ4v) is 1.44. The molecule has 72 valence electrons. The summed E-state index contributed by atoms with van der Waals surface area (Å²) in [7, 11) is 1.62. The van der Waals surface area contributed by atoms with Crippen molar-refractivity contribution < 1.29 is 9.84 Å². The first-order valence-corrected chi connectivity index (χ1v) is 4.33. The molecule has 1 rings (SSSR count). The van der Waals surface area contributed by atoms with Crippen molar-refractivity contribution in [1.82, 2.24) is 0 Å². The summed E-state index contributed by atoms with van der Waals surface area (Å²) in [5.74, 6) is 1.04. The van der Waals surface area contributed by atoms with Gasteiger partial charge in [0.25, 0.3) is 0 Å². The third-order valence-electron chi connectivity index (χ3n) is 1.97. The van der Waals surface area contributed by atoms with Gasteiger partial charge in [-0.15, -0.1) is 0 Å². The fourth-order valence-electron chi connectivity index (χ4n) is 1.44. The third kappa shape index (κ3) is 1.94. The standard InChI is InChI=1S/C11H16O2/c1-11(2,3)10-8(12)6-5-7-9(10)13-4/h5-7,12H,1-4H3. The Labute approximate surface area is 79.2 Å². The molecule has 13 heavy (non-hydrogen) atoms. The number of phenols is 1. The Morgan fingerprint density at radius 1 is 1.23 bits per heavy atom. The van der Waals surface area contributed by atoms with E-state index in [4.69, 9.17) is 4.74 Å². The van der Waals surface area contributed by atoms with Crippen LogP contribution in [0.4, 0.5) is 0 Å². The van der Waals surface area contributed by atoms with E-state index in [1.54, 1.807) is 19.2 Å². The molecule has 0 bridgehead atoms. The van der Waals surface area contributed by atoms with Crippen LogP contribution in [0.25, 0.3) is 0 Å². The minimum Gasteiger partial charge on any atom is -0.508 e. The molecule has 0 amide bonds. The molecular formula is C11H16O2. The summed E-state index contributed by atoms with van der Waals surface area (Å²) in [5.41, 5.74) is 0.758. The van der Waals surface area contributed by atoms with Gasteiger partial charge in [0.1, 0.15) is 11.5 Å². The second-order valence-electron chi connectivity index (χ2n) is 4.10. The van der Waals surface area contributed by atoms with Crippen molar-refractivity contribution in [2.75, 3.05) is 7.11 Å². The molecule has 0 atom stereocenters. The molecule has 1 aromatic carbocycles. The van der Waals surface area contributed by atoms with E-state index in [1.807, 2.05) is 26.8 Å². The van der Waals surface area contributed by atoms with Crippen LogP contribution in [0.2, 0.25) is 0 Å². The monoisotopic (exact) mass is 180 g/mol. The van der Waals surface area contributed by atoms with E-state index in [0.717, 1.165) is 11.3 Å². The molecule has 0 heterocycles. The highest BCUT2D eigenvalue weighted by Crippen LogP contribution is 2.37. The van der Waals surface area contributed by atoms with E-state index in [2.05, 4.69) is 0 Å². The Hall–Kier alpha value is -1.18. The Bertz CT molecular complexity index is 297. The first kappa shape index (κ1) is 9.90. The van der Waals surface area contributed by atoms with Crippen molar-refractivity contribution in [3.8, 4) is 11.5 Å². The molecule has 1 aromatic rings. The summed E-state index contributed by atoms with van der Waals surface area (Å²) in [4.78, 5) is 0. The number of rotatable bonds is 1. The van der Waals surface area contributed by atoms with Gasteiger partial charge in [0.05, 0.1) is 7.11 Å². The molecule has 0 radical (unpaired) electrons. The lowest BCUT2D eigenvalue weighted by Crippen LogP contribution is -2.12. The van der Waals surface area contributed by atoms with Crippen molar-refractivity contribution in [3.05, 3.63) is 23.8 Å². The summed E-state index contributed by atoms with van der Waals surface area (Å²) < 4.78 is 5.19. The van der Waals surface area contributed by atoms with Gasteiger partial charge < -0.3 is 9.84 Å². The van der Waals surface area contributed by atoms with Crippen molar-refractivity contribution in [2.45, 2.75) is 26.2 Å². The van der Waals surface area contributed by atoms with Crippen LogP contribution in [0.15, 0.2) is 18.2 Å². The minimum absolute atomic E-state index is 0.101. The highest BCUT2D eigenvalue weighted by atomic mass is 16.5. The fraction of sp³-hybridized carbons (Fsp3) is 0.455. The average Bonchev–Trinajstić information content (AvgIpc) is 2.01. The smallest absolute Gasteiger partial charge is 0.126 e. The van der Waals surface area contributed by atoms with Crippen molar-refractivity contribution in [3.63, 3.8) is 0 Å². The van der Waals surface area contributed by atoms with Gasteiger partial charge in [-0.2, -0.15) is 0 Å². The van der Waals surface area contributed by atoms with Gasteiger partial charge in [-0.25, -0.2) is 0 Å². The number of hydrogen-bond acceptors (Lipinski definition) is 2. The minimum atomic E-state index is -0.101. The van der Waals surface area contributed by atoms with Crippen LogP contribution in [0.1, 0.15) is 26.3 Å². The Balaban J connectivity index is 3.32. The van der Waals surface area contributed by atoms with Crippen molar-refractivity contribution >= 4 is 0 Å². The van der Waals surface area contributed by atoms with Crippen LogP contribution in [0.3, 0.4) is 0 Å². The topological polar surface area (TPSA) is 29.5 Å². The SMILES string of the molecule is COc1cccc(O)c1C(C)(C)C. The first-order valence-electron chi connectivity index (χ1n) is 4.33. The zero-order valence-electron chi connectivity index (χ0n) is 8.59. The lowest BCUT2D eigenvalue weighted by Gasteiger charge is -2.22. The molecule has 0 saturated heterocycles. The Morgan fingerprint density at radius 2 is 1.85 bits per heavy atom. The highest BCUT2D eigenvalue weighted by molar-refractivity contribution is 5.47. The van der Waals surface area contributed by atoms with Crippen LogP contribution < -0.4 is 4.74 Å². The molecule has 0 fully saturated rings. The highest BCUT2D eigenvalue weighted by Gasteiger charge is 2.22. The zero-order chi connectivity index (χ0) is 10.1. The van der Waals surface area contributed by atoms with E-state index in [1.165, 1.54) is 0 Å². The number of hydrogen-bond donors (Lipinski definition) is 1. The zero-order valence-corrected chi connectivity index (χ0v) is 8.59. The molecule has 2 heteroatoms. The molecule has 0 unspecified atom stereocenters. The van der Waals surface area contributed by atoms with Crippen molar-refractivity contribution in [1.29, 1.82) is 0 Å². The second kappa shape index (κ2) is 3.29. The quantitative estimate of drug-likeness (QED) is 0.720. The molecule has 0 spiro atoms. The summed E-state index contributed by atoms with van der Waals surface area (Å²) in [6.07, 6.45) is 0. The molecule has 0 aliphatic rings. The maximum atomic E-state index is 9.68. The third-order valence-corrected chi connectivity index (χ3v) is 1.97. The molecule has 0 aliphatic carbocycles. The molecule has 0 aliphatic heterocycles. The summed E-state index contributed by atoms with van der Waals surface area (Å²) in [5, 5.41) is 9.68. The second-order valence-corrected chi connectivity index (χ2v) is 4.10. The van der Waals surface area contributed by atoms with Gasteiger partial charge >= 0.3 is 0 Å². The van der Waals surface area contributed by atoms with Gasteiger partial charge in [-0.3, -0.25) is 0 Å². The number of benzene rings is 1. The van der Waals surface area contributed by atoms with Crippen LogP contribution >= 0.6 is 0 Å². The predicted molar refractivity (Wildman–Crippen MR) is 53.4 cm³/mol. The van der Waals surface area contributed by atoms with E-state index >= 15 is 0 Å².